The highest BCUT2D eigenvalue weighted by molar-refractivity contribution is 5.80. The maximum atomic E-state index is 6.22. The number of nitrogens with zero attached hydrogens (tertiary/aromatic N) is 6. The van der Waals surface area contributed by atoms with Crippen LogP contribution in [-0.2, 0) is 13.0 Å². The standard InChI is InChI=1S/C24H30N8/c1-2-3-4-7-20(25)14-15-23-26-17-32(29-23)16-18-10-12-19(13-11-18)21-8-5-6-9-22(21)24-27-30-31-28-24/h5-6,8-13,17,20H,2-4,7,14-16,25H2,1H3,(H,27,28,30,31). The molecule has 0 amide bonds. The second kappa shape index (κ2) is 10.8. The zero-order valence-electron chi connectivity index (χ0n) is 18.5. The van der Waals surface area contributed by atoms with E-state index >= 15 is 0 Å². The minimum atomic E-state index is 0.233. The first-order chi connectivity index (χ1) is 15.7. The van der Waals surface area contributed by atoms with Gasteiger partial charge in [-0.25, -0.2) is 9.67 Å². The number of benzene rings is 2. The summed E-state index contributed by atoms with van der Waals surface area (Å²) in [4.78, 5) is 4.46. The Hall–Kier alpha value is -3.39. The molecule has 2 aromatic carbocycles. The number of H-pyrrole nitrogens is 1. The number of unbranched alkanes of at least 4 members (excludes halogenated alkanes) is 2. The molecule has 0 radical (unpaired) electrons. The number of hydrogen-bond acceptors (Lipinski definition) is 6. The van der Waals surface area contributed by atoms with Crippen molar-refractivity contribution in [1.29, 1.82) is 0 Å². The van der Waals surface area contributed by atoms with Gasteiger partial charge in [0.2, 0.25) is 5.82 Å². The molecule has 0 saturated heterocycles. The highest BCUT2D eigenvalue weighted by atomic mass is 15.5. The van der Waals surface area contributed by atoms with Gasteiger partial charge in [-0.1, -0.05) is 74.7 Å². The lowest BCUT2D eigenvalue weighted by molar-refractivity contribution is 0.522. The summed E-state index contributed by atoms with van der Waals surface area (Å²) in [5.74, 6) is 1.45. The van der Waals surface area contributed by atoms with Gasteiger partial charge in [0.05, 0.1) is 6.54 Å². The lowest BCUT2D eigenvalue weighted by Crippen LogP contribution is -2.20. The molecule has 0 aliphatic rings. The predicted octanol–water partition coefficient (Wildman–Crippen LogP) is 4.01. The second-order valence-corrected chi connectivity index (χ2v) is 8.13. The van der Waals surface area contributed by atoms with Crippen molar-refractivity contribution >= 4 is 0 Å². The summed E-state index contributed by atoms with van der Waals surface area (Å²) in [5, 5.41) is 19.1. The van der Waals surface area contributed by atoms with Gasteiger partial charge in [0.25, 0.3) is 0 Å². The molecule has 2 heterocycles. The normalized spacial score (nSPS) is 12.2. The van der Waals surface area contributed by atoms with E-state index in [0.29, 0.717) is 12.4 Å². The van der Waals surface area contributed by atoms with E-state index in [9.17, 15) is 0 Å². The van der Waals surface area contributed by atoms with Crippen LogP contribution in [0, 0.1) is 0 Å². The predicted molar refractivity (Wildman–Crippen MR) is 125 cm³/mol. The third kappa shape index (κ3) is 5.64. The zero-order valence-corrected chi connectivity index (χ0v) is 18.5. The van der Waals surface area contributed by atoms with E-state index in [0.717, 1.165) is 41.8 Å². The molecule has 2 aromatic heterocycles. The highest BCUT2D eigenvalue weighted by Crippen LogP contribution is 2.29. The van der Waals surface area contributed by atoms with E-state index in [1.165, 1.54) is 24.8 Å². The van der Waals surface area contributed by atoms with E-state index in [2.05, 4.69) is 68.0 Å². The first-order valence-corrected chi connectivity index (χ1v) is 11.3. The van der Waals surface area contributed by atoms with E-state index in [1.54, 1.807) is 6.33 Å². The van der Waals surface area contributed by atoms with Gasteiger partial charge in [-0.05, 0) is 34.7 Å². The van der Waals surface area contributed by atoms with E-state index in [1.807, 2.05) is 22.9 Å². The Morgan fingerprint density at radius 3 is 2.56 bits per heavy atom. The molecule has 0 fully saturated rings. The molecular weight excluding hydrogens is 400 g/mol. The van der Waals surface area contributed by atoms with Gasteiger partial charge < -0.3 is 5.73 Å². The van der Waals surface area contributed by atoms with Crippen LogP contribution in [0.15, 0.2) is 54.9 Å². The fourth-order valence-electron chi connectivity index (χ4n) is 3.82. The maximum absolute atomic E-state index is 6.22. The zero-order chi connectivity index (χ0) is 22.2. The Balaban J connectivity index is 1.36. The van der Waals surface area contributed by atoms with Crippen LogP contribution >= 0.6 is 0 Å². The van der Waals surface area contributed by atoms with E-state index in [4.69, 9.17) is 5.73 Å². The molecule has 166 valence electrons. The topological polar surface area (TPSA) is 111 Å². The summed E-state index contributed by atoms with van der Waals surface area (Å²) in [5.41, 5.74) is 10.5. The fourth-order valence-corrected chi connectivity index (χ4v) is 3.82. The van der Waals surface area contributed by atoms with Gasteiger partial charge in [0.1, 0.15) is 6.33 Å². The van der Waals surface area contributed by atoms with Crippen LogP contribution in [0.25, 0.3) is 22.5 Å². The molecule has 0 aliphatic heterocycles. The second-order valence-electron chi connectivity index (χ2n) is 8.13. The monoisotopic (exact) mass is 430 g/mol. The molecule has 4 rings (SSSR count). The first kappa shape index (κ1) is 21.8. The van der Waals surface area contributed by atoms with Gasteiger partial charge in [-0.2, -0.15) is 10.3 Å². The number of aromatic amines is 1. The summed E-state index contributed by atoms with van der Waals surface area (Å²) in [6, 6.07) is 16.8. The Labute approximate surface area is 188 Å². The minimum Gasteiger partial charge on any atom is -0.328 e. The quantitative estimate of drug-likeness (QED) is 0.348. The first-order valence-electron chi connectivity index (χ1n) is 11.3. The molecular formula is C24H30N8. The smallest absolute Gasteiger partial charge is 0.205 e. The van der Waals surface area contributed by atoms with Gasteiger partial charge in [0.15, 0.2) is 5.82 Å². The number of hydrogen-bond donors (Lipinski definition) is 2. The molecule has 1 unspecified atom stereocenters. The van der Waals surface area contributed by atoms with Crippen molar-refractivity contribution < 1.29 is 0 Å². The summed E-state index contributed by atoms with van der Waals surface area (Å²) < 4.78 is 1.89. The van der Waals surface area contributed by atoms with Crippen LogP contribution in [0.2, 0.25) is 0 Å². The molecule has 8 nitrogen and oxygen atoms in total. The lowest BCUT2D eigenvalue weighted by atomic mass is 9.98. The van der Waals surface area contributed by atoms with Crippen LogP contribution < -0.4 is 5.73 Å². The molecule has 1 atom stereocenters. The SMILES string of the molecule is CCCCCC(N)CCc1ncn(Cc2ccc(-c3ccccc3-c3nn[nH]n3)cc2)n1. The number of aryl methyl sites for hydroxylation is 1. The van der Waals surface area contributed by atoms with E-state index in [-0.39, 0.29) is 6.04 Å². The Morgan fingerprint density at radius 1 is 1.00 bits per heavy atom. The van der Waals surface area contributed by atoms with Crippen LogP contribution in [-0.4, -0.2) is 41.4 Å². The molecule has 0 aliphatic carbocycles. The Morgan fingerprint density at radius 2 is 1.81 bits per heavy atom. The molecule has 0 bridgehead atoms. The van der Waals surface area contributed by atoms with Crippen molar-refractivity contribution in [2.24, 2.45) is 5.73 Å². The molecule has 3 N–H and O–H groups in total. The number of tetrazole rings is 1. The highest BCUT2D eigenvalue weighted by Gasteiger charge is 2.11. The van der Waals surface area contributed by atoms with Crippen LogP contribution in [0.3, 0.4) is 0 Å². The molecule has 0 saturated carbocycles. The van der Waals surface area contributed by atoms with Crippen molar-refractivity contribution in [3.05, 3.63) is 66.2 Å². The maximum Gasteiger partial charge on any atom is 0.205 e. The summed E-state index contributed by atoms with van der Waals surface area (Å²) in [7, 11) is 0. The molecule has 0 spiro atoms. The van der Waals surface area contributed by atoms with Crippen molar-refractivity contribution in [2.75, 3.05) is 0 Å². The van der Waals surface area contributed by atoms with Crippen molar-refractivity contribution in [1.82, 2.24) is 35.4 Å². The fraction of sp³-hybridized carbons (Fsp3) is 0.375. The number of aromatic nitrogens is 7. The summed E-state index contributed by atoms with van der Waals surface area (Å²) >= 11 is 0. The molecule has 4 aromatic rings. The van der Waals surface area contributed by atoms with Gasteiger partial charge in [0, 0.05) is 18.0 Å². The van der Waals surface area contributed by atoms with Gasteiger partial charge in [-0.15, -0.1) is 10.2 Å². The van der Waals surface area contributed by atoms with Crippen molar-refractivity contribution in [3.8, 4) is 22.5 Å². The average molecular weight is 431 g/mol. The third-order valence-corrected chi connectivity index (χ3v) is 5.62. The number of rotatable bonds is 11. The third-order valence-electron chi connectivity index (χ3n) is 5.62. The number of nitrogens with one attached hydrogen (secondary N) is 1. The molecule has 32 heavy (non-hydrogen) atoms. The average Bonchev–Trinajstić information content (AvgIpc) is 3.51. The molecule has 8 heteroatoms. The Bertz CT molecular complexity index is 1090. The largest absolute Gasteiger partial charge is 0.328 e. The van der Waals surface area contributed by atoms with E-state index < -0.39 is 0 Å². The van der Waals surface area contributed by atoms with Gasteiger partial charge >= 0.3 is 0 Å². The van der Waals surface area contributed by atoms with Crippen molar-refractivity contribution in [2.45, 2.75) is 58.0 Å². The number of nitrogens with two attached hydrogens (primary N) is 1. The van der Waals surface area contributed by atoms with Crippen LogP contribution in [0.1, 0.15) is 50.4 Å². The summed E-state index contributed by atoms with van der Waals surface area (Å²) in [6.45, 7) is 2.90. The summed E-state index contributed by atoms with van der Waals surface area (Å²) in [6.07, 6.45) is 8.32. The lowest BCUT2D eigenvalue weighted by Gasteiger charge is -2.09. The van der Waals surface area contributed by atoms with Crippen molar-refractivity contribution in [3.63, 3.8) is 0 Å². The van der Waals surface area contributed by atoms with Crippen LogP contribution in [0.5, 0.6) is 0 Å². The minimum absolute atomic E-state index is 0.233. The van der Waals surface area contributed by atoms with Gasteiger partial charge in [-0.3, -0.25) is 0 Å². The van der Waals surface area contributed by atoms with Crippen LogP contribution in [0.4, 0.5) is 0 Å². The Kier molecular flexibility index (Phi) is 7.34.